The highest BCUT2D eigenvalue weighted by Gasteiger charge is 2.10. The molecule has 68 valence electrons. The van der Waals surface area contributed by atoms with E-state index in [-0.39, 0.29) is 0 Å². The minimum Gasteiger partial charge on any atom is -0.260 e. The van der Waals surface area contributed by atoms with Crippen molar-refractivity contribution in [2.24, 2.45) is 10.3 Å². The molecule has 0 aromatic rings. The van der Waals surface area contributed by atoms with Crippen molar-refractivity contribution in [3.8, 4) is 0 Å². The highest BCUT2D eigenvalue weighted by Crippen LogP contribution is 2.22. The largest absolute Gasteiger partial charge is 0.260 e. The lowest BCUT2D eigenvalue weighted by molar-refractivity contribution is 0.484. The predicted molar refractivity (Wildman–Crippen MR) is 57.8 cm³/mol. The van der Waals surface area contributed by atoms with E-state index in [0.29, 0.717) is 0 Å². The number of hydrogen-bond acceptors (Lipinski definition) is 3. The van der Waals surface area contributed by atoms with E-state index in [2.05, 4.69) is 32.9 Å². The zero-order valence-electron chi connectivity index (χ0n) is 7.35. The van der Waals surface area contributed by atoms with Gasteiger partial charge in [-0.1, -0.05) is 36.6 Å². The Balaban J connectivity index is 2.98. The number of allylic oxidation sites excluding steroid dienone is 4. The predicted octanol–water partition coefficient (Wildman–Crippen LogP) is 2.64. The average Bonchev–Trinajstić information content (AvgIpc) is 2.10. The monoisotopic (exact) mass is 193 g/mol. The van der Waals surface area contributed by atoms with Crippen molar-refractivity contribution in [2.45, 2.75) is 0 Å². The van der Waals surface area contributed by atoms with Gasteiger partial charge in [0.2, 0.25) is 0 Å². The Labute approximate surface area is 80.5 Å². The number of rotatable bonds is 2. The lowest BCUT2D eigenvalue weighted by atomic mass is 10.1. The topological polar surface area (TPSA) is 28.0 Å². The van der Waals surface area contributed by atoms with Crippen LogP contribution in [0.25, 0.3) is 0 Å². The molecule has 0 aromatic carbocycles. The summed E-state index contributed by atoms with van der Waals surface area (Å²) in [5.74, 6) is 0. The normalized spacial score (nSPS) is 22.4. The highest BCUT2D eigenvalue weighted by atomic mass is 31.0. The molecule has 0 bridgehead atoms. The van der Waals surface area contributed by atoms with Gasteiger partial charge in [-0.05, 0) is 15.5 Å². The van der Waals surface area contributed by atoms with Crippen LogP contribution in [-0.4, -0.2) is 11.3 Å². The van der Waals surface area contributed by atoms with Gasteiger partial charge in [0.05, 0.1) is 12.2 Å². The highest BCUT2D eigenvalue weighted by molar-refractivity contribution is 7.13. The van der Waals surface area contributed by atoms with Crippen LogP contribution in [0.2, 0.25) is 0 Å². The SMILES string of the molecule is C=C/C=C1/CN(P)N=N/C1=C/C=C. The number of nitrogens with zero attached hydrogens (tertiary/aromatic N) is 3. The van der Waals surface area contributed by atoms with E-state index < -0.39 is 0 Å². The molecule has 0 N–H and O–H groups in total. The van der Waals surface area contributed by atoms with Crippen molar-refractivity contribution in [3.05, 3.63) is 48.7 Å². The quantitative estimate of drug-likeness (QED) is 0.619. The Morgan fingerprint density at radius 1 is 1.31 bits per heavy atom. The van der Waals surface area contributed by atoms with E-state index in [9.17, 15) is 0 Å². The van der Waals surface area contributed by atoms with Crippen LogP contribution in [0.3, 0.4) is 0 Å². The second-order valence-electron chi connectivity index (χ2n) is 2.50. The van der Waals surface area contributed by atoms with Crippen molar-refractivity contribution in [3.63, 3.8) is 0 Å². The zero-order chi connectivity index (χ0) is 9.68. The van der Waals surface area contributed by atoms with Crippen LogP contribution >= 0.6 is 9.39 Å². The van der Waals surface area contributed by atoms with E-state index in [4.69, 9.17) is 0 Å². The summed E-state index contributed by atoms with van der Waals surface area (Å²) in [6, 6.07) is 0. The van der Waals surface area contributed by atoms with Crippen molar-refractivity contribution in [2.75, 3.05) is 6.54 Å². The van der Waals surface area contributed by atoms with Crippen molar-refractivity contribution >= 4 is 9.39 Å². The molecule has 0 spiro atoms. The standard InChI is InChI=1S/C9H12N3P/c1-3-5-8-7-12(13)11-10-9(8)6-4-2/h3-6H,1-2,7,13H2/b8-5-,9-6+. The van der Waals surface area contributed by atoms with E-state index in [1.54, 1.807) is 16.9 Å². The maximum absolute atomic E-state index is 4.00. The third kappa shape index (κ3) is 2.63. The summed E-state index contributed by atoms with van der Waals surface area (Å²) in [7, 11) is 2.48. The third-order valence-corrected chi connectivity index (χ3v) is 1.81. The first-order valence-electron chi connectivity index (χ1n) is 3.86. The second kappa shape index (κ2) is 4.73. The van der Waals surface area contributed by atoms with Gasteiger partial charge < -0.3 is 0 Å². The van der Waals surface area contributed by atoms with E-state index >= 15 is 0 Å². The Bertz CT molecular complexity index is 302. The van der Waals surface area contributed by atoms with Crippen molar-refractivity contribution in [1.82, 2.24) is 4.78 Å². The van der Waals surface area contributed by atoms with Gasteiger partial charge in [0.15, 0.2) is 0 Å². The van der Waals surface area contributed by atoms with Gasteiger partial charge >= 0.3 is 0 Å². The van der Waals surface area contributed by atoms with Crippen LogP contribution in [-0.2, 0) is 0 Å². The Kier molecular flexibility index (Phi) is 3.59. The molecule has 0 radical (unpaired) electrons. The lowest BCUT2D eigenvalue weighted by Crippen LogP contribution is -2.12. The summed E-state index contributed by atoms with van der Waals surface area (Å²) < 4.78 is 1.69. The van der Waals surface area contributed by atoms with Crippen LogP contribution < -0.4 is 0 Å². The molecule has 1 unspecified atom stereocenters. The van der Waals surface area contributed by atoms with Crippen LogP contribution in [0, 0.1) is 0 Å². The maximum atomic E-state index is 4.00. The average molecular weight is 193 g/mol. The lowest BCUT2D eigenvalue weighted by Gasteiger charge is -2.18. The van der Waals surface area contributed by atoms with Crippen molar-refractivity contribution < 1.29 is 0 Å². The Morgan fingerprint density at radius 2 is 2.00 bits per heavy atom. The van der Waals surface area contributed by atoms with Gasteiger partial charge in [0.25, 0.3) is 0 Å². The molecule has 4 heteroatoms. The molecule has 0 aromatic heterocycles. The molecule has 0 aliphatic carbocycles. The zero-order valence-corrected chi connectivity index (χ0v) is 8.50. The van der Waals surface area contributed by atoms with Crippen LogP contribution in [0.5, 0.6) is 0 Å². The van der Waals surface area contributed by atoms with Crippen molar-refractivity contribution in [1.29, 1.82) is 0 Å². The molecule has 0 saturated heterocycles. The molecule has 0 amide bonds. The summed E-state index contributed by atoms with van der Waals surface area (Å²) in [6.07, 6.45) is 7.19. The van der Waals surface area contributed by atoms with E-state index in [0.717, 1.165) is 17.8 Å². The van der Waals surface area contributed by atoms with Gasteiger partial charge in [-0.15, -0.1) is 5.11 Å². The minimum atomic E-state index is 0.722. The molecule has 13 heavy (non-hydrogen) atoms. The summed E-state index contributed by atoms with van der Waals surface area (Å²) >= 11 is 0. The Hall–Kier alpha value is -1.21. The molecular weight excluding hydrogens is 181 g/mol. The summed E-state index contributed by atoms with van der Waals surface area (Å²) in [4.78, 5) is 0. The first kappa shape index (κ1) is 9.87. The molecule has 3 nitrogen and oxygen atoms in total. The van der Waals surface area contributed by atoms with Crippen LogP contribution in [0.4, 0.5) is 0 Å². The first-order chi connectivity index (χ1) is 6.27. The fraction of sp³-hybridized carbons (Fsp3) is 0.111. The fourth-order valence-corrected chi connectivity index (χ4v) is 1.24. The molecule has 0 fully saturated rings. The molecular formula is C9H12N3P. The van der Waals surface area contributed by atoms with E-state index in [1.165, 1.54) is 0 Å². The van der Waals surface area contributed by atoms with Gasteiger partial charge in [-0.25, -0.2) is 0 Å². The smallest absolute Gasteiger partial charge is 0.0924 e. The molecule has 0 saturated carbocycles. The van der Waals surface area contributed by atoms with Gasteiger partial charge in [0, 0.05) is 5.57 Å². The second-order valence-corrected chi connectivity index (χ2v) is 3.10. The molecule has 1 aliphatic rings. The third-order valence-electron chi connectivity index (χ3n) is 1.52. The molecule has 1 heterocycles. The van der Waals surface area contributed by atoms with Gasteiger partial charge in [0.1, 0.15) is 0 Å². The minimum absolute atomic E-state index is 0.722. The first-order valence-corrected chi connectivity index (χ1v) is 4.38. The fourth-order valence-electron chi connectivity index (χ4n) is 0.989. The summed E-state index contributed by atoms with van der Waals surface area (Å²) in [5.41, 5.74) is 1.92. The maximum Gasteiger partial charge on any atom is 0.0924 e. The summed E-state index contributed by atoms with van der Waals surface area (Å²) in [6.45, 7) is 7.99. The van der Waals surface area contributed by atoms with Crippen LogP contribution in [0.15, 0.2) is 59.1 Å². The van der Waals surface area contributed by atoms with Gasteiger partial charge in [-0.2, -0.15) is 0 Å². The van der Waals surface area contributed by atoms with Crippen LogP contribution in [0.1, 0.15) is 0 Å². The number of hydrogen-bond donors (Lipinski definition) is 0. The van der Waals surface area contributed by atoms with Gasteiger partial charge in [-0.3, -0.25) is 4.78 Å². The Morgan fingerprint density at radius 3 is 2.62 bits per heavy atom. The molecule has 1 atom stereocenters. The summed E-state index contributed by atoms with van der Waals surface area (Å²) in [5, 5.41) is 7.90. The molecule has 1 rings (SSSR count). The molecule has 1 aliphatic heterocycles. The van der Waals surface area contributed by atoms with E-state index in [1.807, 2.05) is 12.2 Å².